The van der Waals surface area contributed by atoms with E-state index in [-0.39, 0.29) is 15.5 Å². The average Bonchev–Trinajstić information content (AvgIpc) is 2.44. The Kier molecular flexibility index (Phi) is 5.61. The van der Waals surface area contributed by atoms with Crippen molar-refractivity contribution < 1.29 is 13.2 Å². The molecule has 0 bridgehead atoms. The van der Waals surface area contributed by atoms with Crippen molar-refractivity contribution in [2.75, 3.05) is 19.7 Å². The molecule has 1 aliphatic rings. The lowest BCUT2D eigenvalue weighted by Gasteiger charge is -2.40. The summed E-state index contributed by atoms with van der Waals surface area (Å²) in [6.45, 7) is 9.42. The summed E-state index contributed by atoms with van der Waals surface area (Å²) in [6.07, 6.45) is 2.17. The first kappa shape index (κ1) is 18.5. The number of nitrogens with two attached hydrogens (primary N) is 1. The van der Waals surface area contributed by atoms with Gasteiger partial charge in [-0.3, -0.25) is 4.90 Å². The number of nitrogens with zero attached hydrogens (tertiary/aromatic N) is 1. The number of sulfonamides is 1. The van der Waals surface area contributed by atoms with Crippen LogP contribution in [0.15, 0.2) is 23.1 Å². The van der Waals surface area contributed by atoms with Crippen molar-refractivity contribution in [3.63, 3.8) is 0 Å². The van der Waals surface area contributed by atoms with Gasteiger partial charge in [-0.2, -0.15) is 0 Å². The first-order valence-electron chi connectivity index (χ1n) is 7.77. The zero-order valence-corrected chi connectivity index (χ0v) is 15.5. The van der Waals surface area contributed by atoms with Gasteiger partial charge in [-0.1, -0.05) is 11.6 Å². The molecular weight excluding hydrogens is 336 g/mol. The zero-order chi connectivity index (χ0) is 17.3. The fraction of sp³-hybridized carbons (Fsp3) is 0.625. The van der Waals surface area contributed by atoms with Crippen LogP contribution >= 0.6 is 11.6 Å². The molecule has 7 heteroatoms. The topological polar surface area (TPSA) is 72.6 Å². The van der Waals surface area contributed by atoms with Crippen LogP contribution in [0, 0.1) is 5.92 Å². The van der Waals surface area contributed by atoms with Crippen LogP contribution in [0.1, 0.15) is 33.6 Å². The summed E-state index contributed by atoms with van der Waals surface area (Å²) >= 11 is 6.08. The number of rotatable bonds is 4. The number of ether oxygens (including phenoxy) is 1. The molecule has 130 valence electrons. The van der Waals surface area contributed by atoms with Gasteiger partial charge >= 0.3 is 0 Å². The van der Waals surface area contributed by atoms with Gasteiger partial charge in [-0.15, -0.1) is 0 Å². The summed E-state index contributed by atoms with van der Waals surface area (Å²) in [5, 5.41) is 5.35. The van der Waals surface area contributed by atoms with Crippen LogP contribution in [-0.4, -0.2) is 38.6 Å². The van der Waals surface area contributed by atoms with Gasteiger partial charge in [0.05, 0.1) is 16.5 Å². The molecule has 1 heterocycles. The standard InChI is InChI=1S/C16H25ClN2O3S/c1-16(2,3)19-8-6-12(7-9-19)11-22-15-5-4-13(10-14(15)17)23(18,20)21/h4-5,10,12H,6-9,11H2,1-3H3,(H2,18,20,21). The van der Waals surface area contributed by atoms with E-state index in [0.29, 0.717) is 18.3 Å². The second kappa shape index (κ2) is 6.97. The van der Waals surface area contributed by atoms with Crippen LogP contribution in [0.4, 0.5) is 0 Å². The summed E-state index contributed by atoms with van der Waals surface area (Å²) in [4.78, 5) is 2.48. The first-order chi connectivity index (χ1) is 10.6. The van der Waals surface area contributed by atoms with Gasteiger partial charge in [-0.25, -0.2) is 13.6 Å². The third-order valence-corrected chi connectivity index (χ3v) is 5.48. The summed E-state index contributed by atoms with van der Waals surface area (Å²) in [6, 6.07) is 4.31. The van der Waals surface area contributed by atoms with E-state index in [2.05, 4.69) is 25.7 Å². The quantitative estimate of drug-likeness (QED) is 0.896. The lowest BCUT2D eigenvalue weighted by atomic mass is 9.94. The van der Waals surface area contributed by atoms with Crippen LogP contribution in [0.5, 0.6) is 5.75 Å². The maximum Gasteiger partial charge on any atom is 0.238 e. The van der Waals surface area contributed by atoms with Crippen molar-refractivity contribution in [3.8, 4) is 5.75 Å². The molecule has 2 rings (SSSR count). The summed E-state index contributed by atoms with van der Waals surface area (Å²) in [5.41, 5.74) is 0.207. The second-order valence-corrected chi connectivity index (χ2v) is 9.02. The third-order valence-electron chi connectivity index (χ3n) is 4.27. The highest BCUT2D eigenvalue weighted by Crippen LogP contribution is 2.29. The SMILES string of the molecule is CC(C)(C)N1CCC(COc2ccc(S(N)(=O)=O)cc2Cl)CC1. The molecule has 5 nitrogen and oxygen atoms in total. The van der Waals surface area contributed by atoms with E-state index < -0.39 is 10.0 Å². The Morgan fingerprint density at radius 1 is 1.30 bits per heavy atom. The smallest absolute Gasteiger partial charge is 0.238 e. The van der Waals surface area contributed by atoms with Crippen molar-refractivity contribution in [2.45, 2.75) is 44.0 Å². The predicted molar refractivity (Wildman–Crippen MR) is 92.4 cm³/mol. The van der Waals surface area contributed by atoms with Crippen molar-refractivity contribution >= 4 is 21.6 Å². The lowest BCUT2D eigenvalue weighted by Crippen LogP contribution is -2.46. The van der Waals surface area contributed by atoms with Crippen LogP contribution < -0.4 is 9.88 Å². The molecule has 0 amide bonds. The van der Waals surface area contributed by atoms with Gasteiger partial charge in [0.15, 0.2) is 0 Å². The van der Waals surface area contributed by atoms with E-state index in [1.165, 1.54) is 12.1 Å². The molecule has 0 spiro atoms. The number of hydrogen-bond donors (Lipinski definition) is 1. The number of likely N-dealkylation sites (tertiary alicyclic amines) is 1. The molecule has 23 heavy (non-hydrogen) atoms. The minimum absolute atomic E-state index is 0.00617. The molecular formula is C16H25ClN2O3S. The Balaban J connectivity index is 1.90. The average molecular weight is 361 g/mol. The van der Waals surface area contributed by atoms with Gasteiger partial charge in [-0.05, 0) is 70.8 Å². The van der Waals surface area contributed by atoms with E-state index in [0.717, 1.165) is 25.9 Å². The largest absolute Gasteiger partial charge is 0.492 e. The normalized spacial score (nSPS) is 18.1. The maximum atomic E-state index is 11.3. The molecule has 1 aromatic rings. The molecule has 0 atom stereocenters. The molecule has 2 N–H and O–H groups in total. The number of primary sulfonamides is 1. The predicted octanol–water partition coefficient (Wildman–Crippen LogP) is 2.88. The third kappa shape index (κ3) is 5.08. The fourth-order valence-corrected chi connectivity index (χ4v) is 3.59. The summed E-state index contributed by atoms with van der Waals surface area (Å²) < 4.78 is 28.4. The Labute approximate surface area is 143 Å². The van der Waals surface area contributed by atoms with Gasteiger partial charge in [0.25, 0.3) is 0 Å². The molecule has 0 radical (unpaired) electrons. The molecule has 0 aromatic heterocycles. The van der Waals surface area contributed by atoms with Gasteiger partial charge < -0.3 is 4.74 Å². The lowest BCUT2D eigenvalue weighted by molar-refractivity contribution is 0.0721. The Morgan fingerprint density at radius 2 is 1.91 bits per heavy atom. The number of benzene rings is 1. The van der Waals surface area contributed by atoms with E-state index in [4.69, 9.17) is 21.5 Å². The molecule has 0 saturated carbocycles. The number of halogens is 1. The molecule has 0 unspecified atom stereocenters. The second-order valence-electron chi connectivity index (χ2n) is 7.05. The summed E-state index contributed by atoms with van der Waals surface area (Å²) in [7, 11) is -3.74. The van der Waals surface area contributed by atoms with E-state index in [1.807, 2.05) is 0 Å². The van der Waals surface area contributed by atoms with Crippen molar-refractivity contribution in [1.82, 2.24) is 4.90 Å². The Hall–Kier alpha value is -0.820. The highest BCUT2D eigenvalue weighted by Gasteiger charge is 2.27. The van der Waals surface area contributed by atoms with Crippen LogP contribution in [-0.2, 0) is 10.0 Å². The summed E-state index contributed by atoms with van der Waals surface area (Å²) in [5.74, 6) is 0.986. The maximum absolute atomic E-state index is 11.3. The fourth-order valence-electron chi connectivity index (χ4n) is 2.75. The Bertz CT molecular complexity index is 648. The van der Waals surface area contributed by atoms with Crippen molar-refractivity contribution in [2.24, 2.45) is 11.1 Å². The van der Waals surface area contributed by atoms with Crippen molar-refractivity contribution in [1.29, 1.82) is 0 Å². The van der Waals surface area contributed by atoms with Crippen LogP contribution in [0.2, 0.25) is 5.02 Å². The molecule has 1 fully saturated rings. The number of hydrogen-bond acceptors (Lipinski definition) is 4. The number of piperidine rings is 1. The highest BCUT2D eigenvalue weighted by molar-refractivity contribution is 7.89. The molecule has 1 saturated heterocycles. The van der Waals surface area contributed by atoms with Gasteiger partial charge in [0.2, 0.25) is 10.0 Å². The van der Waals surface area contributed by atoms with Gasteiger partial charge in [0, 0.05) is 5.54 Å². The molecule has 0 aliphatic carbocycles. The van der Waals surface area contributed by atoms with E-state index >= 15 is 0 Å². The van der Waals surface area contributed by atoms with E-state index in [9.17, 15) is 8.42 Å². The zero-order valence-electron chi connectivity index (χ0n) is 13.9. The van der Waals surface area contributed by atoms with Crippen molar-refractivity contribution in [3.05, 3.63) is 23.2 Å². The van der Waals surface area contributed by atoms with Crippen LogP contribution in [0.25, 0.3) is 0 Å². The molecule has 1 aliphatic heterocycles. The van der Waals surface area contributed by atoms with Crippen LogP contribution in [0.3, 0.4) is 0 Å². The molecule has 1 aromatic carbocycles. The van der Waals surface area contributed by atoms with E-state index in [1.54, 1.807) is 6.07 Å². The highest BCUT2D eigenvalue weighted by atomic mass is 35.5. The Morgan fingerprint density at radius 3 is 2.39 bits per heavy atom. The first-order valence-corrected chi connectivity index (χ1v) is 9.70. The minimum Gasteiger partial charge on any atom is -0.492 e. The minimum atomic E-state index is -3.74. The monoisotopic (exact) mass is 360 g/mol. The van der Waals surface area contributed by atoms with Gasteiger partial charge in [0.1, 0.15) is 5.75 Å².